The molecule has 0 aliphatic heterocycles. The van der Waals surface area contributed by atoms with Crippen LogP contribution >= 0.6 is 0 Å². The van der Waals surface area contributed by atoms with E-state index in [-0.39, 0.29) is 16.1 Å². The largest absolute Gasteiger partial charge is 0.495 e. The molecule has 0 amide bonds. The van der Waals surface area contributed by atoms with Crippen LogP contribution in [0.5, 0.6) is 0 Å². The van der Waals surface area contributed by atoms with Crippen LogP contribution in [0.4, 0.5) is 0 Å². The molecule has 1 N–H and O–H groups in total. The standard InChI is InChI=1S/C12H17NO3.C12H18O4S/c1-2-16-12-6-9-3-10(7-12)5-11(4-9,8-12)13(14)15;1-2-16-11-4-9-3-10(5-11)7-12(6-9,8-11)17(13,14)15/h2,9-10H,1,3-8H2;2,9-10H,1,3-8H2,(H,13,14,15). The third-order valence-corrected chi connectivity index (χ3v) is 11.1. The monoisotopic (exact) mass is 481 g/mol. The fraction of sp³-hybridized carbons (Fsp3) is 0.833. The van der Waals surface area contributed by atoms with Crippen molar-refractivity contribution in [2.45, 2.75) is 98.5 Å². The van der Waals surface area contributed by atoms with Gasteiger partial charge in [-0.05, 0) is 75.0 Å². The molecule has 0 aromatic carbocycles. The Labute approximate surface area is 195 Å². The molecule has 8 aliphatic rings. The Morgan fingerprint density at radius 2 is 1.24 bits per heavy atom. The van der Waals surface area contributed by atoms with Crippen molar-refractivity contribution in [2.75, 3.05) is 0 Å². The van der Waals surface area contributed by atoms with E-state index in [1.165, 1.54) is 12.5 Å². The summed E-state index contributed by atoms with van der Waals surface area (Å²) in [5, 5.41) is 11.3. The third-order valence-electron chi connectivity index (χ3n) is 9.53. The highest BCUT2D eigenvalue weighted by atomic mass is 32.2. The number of hydrogen-bond donors (Lipinski definition) is 1. The van der Waals surface area contributed by atoms with Gasteiger partial charge in [0, 0.05) is 24.2 Å². The maximum atomic E-state index is 11.7. The van der Waals surface area contributed by atoms with Crippen LogP contribution in [0, 0.1) is 33.8 Å². The van der Waals surface area contributed by atoms with Gasteiger partial charge in [0.15, 0.2) is 0 Å². The van der Waals surface area contributed by atoms with E-state index in [1.54, 1.807) is 0 Å². The summed E-state index contributed by atoms with van der Waals surface area (Å²) in [7, 11) is -3.99. The van der Waals surface area contributed by atoms with Crippen molar-refractivity contribution < 1.29 is 27.4 Å². The van der Waals surface area contributed by atoms with E-state index in [0.29, 0.717) is 49.4 Å². The molecule has 0 spiro atoms. The summed E-state index contributed by atoms with van der Waals surface area (Å²) < 4.78 is 43.4. The molecule has 0 heterocycles. The first kappa shape index (κ1) is 23.1. The predicted octanol–water partition coefficient (Wildman–Crippen LogP) is 4.64. The minimum atomic E-state index is -3.99. The summed E-state index contributed by atoms with van der Waals surface area (Å²) in [6.45, 7) is 7.20. The van der Waals surface area contributed by atoms with E-state index in [2.05, 4.69) is 13.2 Å². The van der Waals surface area contributed by atoms with Crippen molar-refractivity contribution in [3.63, 3.8) is 0 Å². The molecule has 8 fully saturated rings. The summed E-state index contributed by atoms with van der Waals surface area (Å²) in [6, 6.07) is 0. The molecule has 4 atom stereocenters. The minimum Gasteiger partial charge on any atom is -0.495 e. The lowest BCUT2D eigenvalue weighted by Gasteiger charge is -2.59. The fourth-order valence-corrected chi connectivity index (χ4v) is 10.7. The maximum Gasteiger partial charge on any atom is 0.270 e. The summed E-state index contributed by atoms with van der Waals surface area (Å²) in [6.07, 6.45) is 12.7. The number of rotatable bonds is 6. The molecule has 33 heavy (non-hydrogen) atoms. The second-order valence-corrected chi connectivity index (χ2v) is 13.8. The van der Waals surface area contributed by atoms with Gasteiger partial charge in [0.2, 0.25) is 5.54 Å². The first-order valence-corrected chi connectivity index (χ1v) is 13.6. The fourth-order valence-electron chi connectivity index (χ4n) is 9.37. The molecule has 4 unspecified atom stereocenters. The Hall–Kier alpha value is -1.61. The first-order valence-electron chi connectivity index (χ1n) is 12.1. The molecule has 8 bridgehead atoms. The van der Waals surface area contributed by atoms with Gasteiger partial charge in [0.05, 0.1) is 18.9 Å². The normalized spacial score (nSPS) is 48.5. The van der Waals surface area contributed by atoms with Gasteiger partial charge in [-0.3, -0.25) is 14.7 Å². The quantitative estimate of drug-likeness (QED) is 0.254. The Balaban J connectivity index is 0.000000139. The molecule has 8 rings (SSSR count). The van der Waals surface area contributed by atoms with Crippen LogP contribution in [0.3, 0.4) is 0 Å². The van der Waals surface area contributed by atoms with Gasteiger partial charge in [-0.25, -0.2) is 0 Å². The highest BCUT2D eigenvalue weighted by molar-refractivity contribution is 7.87. The van der Waals surface area contributed by atoms with Gasteiger partial charge in [-0.1, -0.05) is 13.2 Å². The molecule has 184 valence electrons. The molecular weight excluding hydrogens is 446 g/mol. The number of hydrogen-bond acceptors (Lipinski definition) is 6. The zero-order chi connectivity index (χ0) is 23.7. The highest BCUT2D eigenvalue weighted by Gasteiger charge is 2.65. The molecule has 0 radical (unpaired) electrons. The van der Waals surface area contributed by atoms with E-state index in [1.807, 2.05) is 0 Å². The number of nitrogens with zero attached hydrogens (tertiary/aromatic N) is 1. The lowest BCUT2D eigenvalue weighted by Crippen LogP contribution is -2.62. The molecular formula is C24H35NO7S. The average Bonchev–Trinajstić information content (AvgIpc) is 2.65. The van der Waals surface area contributed by atoms with Gasteiger partial charge in [0.25, 0.3) is 10.1 Å². The van der Waals surface area contributed by atoms with Crippen LogP contribution in [0.25, 0.3) is 0 Å². The van der Waals surface area contributed by atoms with Crippen LogP contribution < -0.4 is 0 Å². The number of ether oxygens (including phenoxy) is 2. The molecule has 9 heteroatoms. The van der Waals surface area contributed by atoms with Gasteiger partial charge < -0.3 is 9.47 Å². The second-order valence-electron chi connectivity index (χ2n) is 12.0. The summed E-state index contributed by atoms with van der Waals surface area (Å²) in [5.41, 5.74) is -1.34. The molecule has 0 aromatic heterocycles. The van der Waals surface area contributed by atoms with Crippen LogP contribution in [0.15, 0.2) is 25.7 Å². The van der Waals surface area contributed by atoms with Crippen LogP contribution in [0.1, 0.15) is 77.0 Å². The lowest BCUT2D eigenvalue weighted by molar-refractivity contribution is -0.592. The summed E-state index contributed by atoms with van der Waals surface area (Å²) in [5.74, 6) is 1.73. The van der Waals surface area contributed by atoms with Crippen LogP contribution in [-0.2, 0) is 19.6 Å². The zero-order valence-corrected chi connectivity index (χ0v) is 19.9. The van der Waals surface area contributed by atoms with Crippen molar-refractivity contribution in [1.82, 2.24) is 0 Å². The lowest BCUT2D eigenvalue weighted by atomic mass is 9.51. The molecule has 8 aliphatic carbocycles. The van der Waals surface area contributed by atoms with Crippen molar-refractivity contribution in [3.8, 4) is 0 Å². The van der Waals surface area contributed by atoms with E-state index >= 15 is 0 Å². The smallest absolute Gasteiger partial charge is 0.270 e. The molecule has 0 saturated heterocycles. The van der Waals surface area contributed by atoms with E-state index in [4.69, 9.17) is 9.47 Å². The average molecular weight is 482 g/mol. The maximum absolute atomic E-state index is 11.7. The highest BCUT2D eigenvalue weighted by Crippen LogP contribution is 2.62. The van der Waals surface area contributed by atoms with Gasteiger partial charge >= 0.3 is 0 Å². The van der Waals surface area contributed by atoms with E-state index in [9.17, 15) is 23.1 Å². The third kappa shape index (κ3) is 3.70. The Morgan fingerprint density at radius 3 is 1.64 bits per heavy atom. The van der Waals surface area contributed by atoms with Gasteiger partial charge in [-0.2, -0.15) is 8.42 Å². The van der Waals surface area contributed by atoms with E-state index < -0.39 is 20.4 Å². The van der Waals surface area contributed by atoms with Crippen molar-refractivity contribution >= 4 is 10.1 Å². The van der Waals surface area contributed by atoms with Crippen molar-refractivity contribution in [2.24, 2.45) is 23.7 Å². The summed E-state index contributed by atoms with van der Waals surface area (Å²) in [4.78, 5) is 11.3. The Bertz CT molecular complexity index is 932. The topological polar surface area (TPSA) is 116 Å². The van der Waals surface area contributed by atoms with Crippen molar-refractivity contribution in [3.05, 3.63) is 35.8 Å². The predicted molar refractivity (Wildman–Crippen MR) is 121 cm³/mol. The molecule has 8 nitrogen and oxygen atoms in total. The SMILES string of the molecule is C=COC12CC3CC(C1)CC(S(=O)(=O)O)(C3)C2.C=COC12CC3CC(C1)CC([N+](=O)[O-])(C3)C2. The first-order chi connectivity index (χ1) is 15.5. The zero-order valence-electron chi connectivity index (χ0n) is 19.1. The van der Waals surface area contributed by atoms with E-state index in [0.717, 1.165) is 51.4 Å². The Morgan fingerprint density at radius 1 is 0.818 bits per heavy atom. The Kier molecular flexibility index (Phi) is 5.22. The van der Waals surface area contributed by atoms with Crippen LogP contribution in [0.2, 0.25) is 0 Å². The van der Waals surface area contributed by atoms with Gasteiger partial charge in [0.1, 0.15) is 15.9 Å². The van der Waals surface area contributed by atoms with Gasteiger partial charge in [-0.15, -0.1) is 0 Å². The molecule has 0 aromatic rings. The minimum absolute atomic E-state index is 0.0360. The number of nitro groups is 1. The summed E-state index contributed by atoms with van der Waals surface area (Å²) >= 11 is 0. The van der Waals surface area contributed by atoms with Crippen molar-refractivity contribution in [1.29, 1.82) is 0 Å². The molecule has 8 saturated carbocycles. The van der Waals surface area contributed by atoms with Crippen LogP contribution in [-0.4, -0.2) is 39.4 Å². The second kappa shape index (κ2) is 7.44.